The van der Waals surface area contributed by atoms with Crippen molar-refractivity contribution in [2.75, 3.05) is 20.3 Å². The Hall–Kier alpha value is -0.410. The first kappa shape index (κ1) is 11.7. The molecular formula is C11H20O3. The molecule has 1 unspecified atom stereocenters. The zero-order chi connectivity index (χ0) is 10.7. The van der Waals surface area contributed by atoms with Crippen LogP contribution in [0.2, 0.25) is 0 Å². The van der Waals surface area contributed by atoms with Crippen molar-refractivity contribution in [3.05, 3.63) is 0 Å². The van der Waals surface area contributed by atoms with Crippen LogP contribution in [0.1, 0.15) is 33.1 Å². The van der Waals surface area contributed by atoms with Gasteiger partial charge in [0.25, 0.3) is 0 Å². The first-order valence-electron chi connectivity index (χ1n) is 5.17. The molecule has 1 fully saturated rings. The summed E-state index contributed by atoms with van der Waals surface area (Å²) in [5, 5.41) is 0. The van der Waals surface area contributed by atoms with Gasteiger partial charge >= 0.3 is 0 Å². The maximum Gasteiger partial charge on any atom is 0.128 e. The van der Waals surface area contributed by atoms with Crippen molar-refractivity contribution >= 4 is 6.29 Å². The van der Waals surface area contributed by atoms with Gasteiger partial charge in [-0.1, -0.05) is 13.8 Å². The maximum atomic E-state index is 11.1. The first-order valence-corrected chi connectivity index (χ1v) is 5.17. The lowest BCUT2D eigenvalue weighted by Gasteiger charge is -2.45. The van der Waals surface area contributed by atoms with Gasteiger partial charge < -0.3 is 14.3 Å². The van der Waals surface area contributed by atoms with E-state index in [1.165, 1.54) is 0 Å². The van der Waals surface area contributed by atoms with Crippen LogP contribution in [0.25, 0.3) is 0 Å². The van der Waals surface area contributed by atoms with E-state index in [1.807, 2.05) is 13.8 Å². The molecule has 0 aliphatic carbocycles. The van der Waals surface area contributed by atoms with E-state index >= 15 is 0 Å². The molecule has 0 spiro atoms. The summed E-state index contributed by atoms with van der Waals surface area (Å²) < 4.78 is 11.0. The van der Waals surface area contributed by atoms with Crippen molar-refractivity contribution in [3.63, 3.8) is 0 Å². The van der Waals surface area contributed by atoms with Gasteiger partial charge in [-0.3, -0.25) is 0 Å². The molecule has 14 heavy (non-hydrogen) atoms. The number of ether oxygens (including phenoxy) is 2. The fourth-order valence-electron chi connectivity index (χ4n) is 2.00. The van der Waals surface area contributed by atoms with Crippen LogP contribution in [0, 0.1) is 5.41 Å². The van der Waals surface area contributed by atoms with Gasteiger partial charge in [0.2, 0.25) is 0 Å². The number of hydrogen-bond acceptors (Lipinski definition) is 3. The Kier molecular flexibility index (Phi) is 3.67. The summed E-state index contributed by atoms with van der Waals surface area (Å²) in [6, 6.07) is 0. The summed E-state index contributed by atoms with van der Waals surface area (Å²) in [4.78, 5) is 11.1. The zero-order valence-corrected chi connectivity index (χ0v) is 9.34. The fraction of sp³-hybridized carbons (Fsp3) is 0.909. The van der Waals surface area contributed by atoms with E-state index < -0.39 is 11.0 Å². The number of methoxy groups -OCH3 is 1. The summed E-state index contributed by atoms with van der Waals surface area (Å²) in [6.45, 7) is 5.08. The predicted molar refractivity (Wildman–Crippen MR) is 54.3 cm³/mol. The van der Waals surface area contributed by atoms with Crippen LogP contribution in [0.3, 0.4) is 0 Å². The average Bonchev–Trinajstić information content (AvgIpc) is 2.19. The predicted octanol–water partition coefficient (Wildman–Crippen LogP) is 1.80. The summed E-state index contributed by atoms with van der Waals surface area (Å²) in [5.74, 6) is 0. The molecule has 1 saturated heterocycles. The van der Waals surface area contributed by atoms with E-state index in [1.54, 1.807) is 7.11 Å². The lowest BCUT2D eigenvalue weighted by molar-refractivity contribution is -0.177. The highest BCUT2D eigenvalue weighted by molar-refractivity contribution is 5.60. The molecule has 3 nitrogen and oxygen atoms in total. The third kappa shape index (κ3) is 1.98. The van der Waals surface area contributed by atoms with Crippen molar-refractivity contribution in [3.8, 4) is 0 Å². The number of hydrogen-bond donors (Lipinski definition) is 0. The minimum absolute atomic E-state index is 0.415. The SMILES string of the molecule is COCC1(C(C)(C)C=O)CCCCO1. The van der Waals surface area contributed by atoms with Crippen LogP contribution in [0.15, 0.2) is 0 Å². The topological polar surface area (TPSA) is 35.5 Å². The summed E-state index contributed by atoms with van der Waals surface area (Å²) in [7, 11) is 1.65. The lowest BCUT2D eigenvalue weighted by atomic mass is 9.72. The van der Waals surface area contributed by atoms with Gasteiger partial charge in [-0.15, -0.1) is 0 Å². The Bertz CT molecular complexity index is 187. The molecule has 0 N–H and O–H groups in total. The minimum Gasteiger partial charge on any atom is -0.382 e. The van der Waals surface area contributed by atoms with Crippen molar-refractivity contribution in [1.29, 1.82) is 0 Å². The second-order valence-corrected chi connectivity index (χ2v) is 4.57. The molecule has 0 aromatic heterocycles. The van der Waals surface area contributed by atoms with E-state index in [-0.39, 0.29) is 0 Å². The van der Waals surface area contributed by atoms with Gasteiger partial charge in [-0.2, -0.15) is 0 Å². The minimum atomic E-state index is -0.469. The largest absolute Gasteiger partial charge is 0.382 e. The van der Waals surface area contributed by atoms with E-state index in [2.05, 4.69) is 0 Å². The Morgan fingerprint density at radius 2 is 2.21 bits per heavy atom. The summed E-state index contributed by atoms with van der Waals surface area (Å²) in [6.07, 6.45) is 4.09. The standard InChI is InChI=1S/C11H20O3/c1-10(2,8-12)11(9-13-3)6-4-5-7-14-11/h8H,4-7,9H2,1-3H3. The van der Waals surface area contributed by atoms with Crippen molar-refractivity contribution in [2.45, 2.75) is 38.7 Å². The van der Waals surface area contributed by atoms with Gasteiger partial charge in [0.1, 0.15) is 11.9 Å². The number of rotatable bonds is 4. The van der Waals surface area contributed by atoms with Crippen LogP contribution in [0.5, 0.6) is 0 Å². The molecule has 1 heterocycles. The average molecular weight is 200 g/mol. The van der Waals surface area contributed by atoms with Crippen LogP contribution < -0.4 is 0 Å². The molecule has 0 aromatic rings. The molecule has 0 radical (unpaired) electrons. The van der Waals surface area contributed by atoms with Gasteiger partial charge in [0.05, 0.1) is 12.0 Å². The molecule has 0 amide bonds. The molecular weight excluding hydrogens is 180 g/mol. The highest BCUT2D eigenvalue weighted by Crippen LogP contribution is 2.39. The van der Waals surface area contributed by atoms with Crippen LogP contribution >= 0.6 is 0 Å². The van der Waals surface area contributed by atoms with Crippen molar-refractivity contribution in [2.24, 2.45) is 5.41 Å². The molecule has 0 saturated carbocycles. The maximum absolute atomic E-state index is 11.1. The quantitative estimate of drug-likeness (QED) is 0.649. The Balaban J connectivity index is 2.84. The monoisotopic (exact) mass is 200 g/mol. The third-order valence-corrected chi connectivity index (χ3v) is 3.20. The van der Waals surface area contributed by atoms with Crippen molar-refractivity contribution < 1.29 is 14.3 Å². The third-order valence-electron chi connectivity index (χ3n) is 3.20. The normalized spacial score (nSPS) is 28.8. The molecule has 82 valence electrons. The van der Waals surface area contributed by atoms with E-state index in [9.17, 15) is 4.79 Å². The molecule has 1 aliphatic heterocycles. The Morgan fingerprint density at radius 3 is 2.64 bits per heavy atom. The van der Waals surface area contributed by atoms with E-state index in [4.69, 9.17) is 9.47 Å². The second kappa shape index (κ2) is 4.41. The van der Waals surface area contributed by atoms with Gasteiger partial charge in [0.15, 0.2) is 0 Å². The Morgan fingerprint density at radius 1 is 1.50 bits per heavy atom. The van der Waals surface area contributed by atoms with Crippen molar-refractivity contribution in [1.82, 2.24) is 0 Å². The molecule has 1 atom stereocenters. The summed E-state index contributed by atoms with van der Waals surface area (Å²) in [5.41, 5.74) is -0.884. The van der Waals surface area contributed by atoms with Gasteiger partial charge in [0, 0.05) is 13.7 Å². The molecule has 1 rings (SSSR count). The van der Waals surface area contributed by atoms with Gasteiger partial charge in [-0.05, 0) is 19.3 Å². The molecule has 0 bridgehead atoms. The summed E-state index contributed by atoms with van der Waals surface area (Å²) >= 11 is 0. The highest BCUT2D eigenvalue weighted by Gasteiger charge is 2.47. The number of aldehydes is 1. The number of carbonyl (C=O) groups excluding carboxylic acids is 1. The fourth-order valence-corrected chi connectivity index (χ4v) is 2.00. The zero-order valence-electron chi connectivity index (χ0n) is 9.34. The second-order valence-electron chi connectivity index (χ2n) is 4.57. The lowest BCUT2D eigenvalue weighted by Crippen LogP contribution is -2.53. The molecule has 1 aliphatic rings. The smallest absolute Gasteiger partial charge is 0.128 e. The highest BCUT2D eigenvalue weighted by atomic mass is 16.5. The van der Waals surface area contributed by atoms with E-state index in [0.717, 1.165) is 32.2 Å². The molecule has 0 aromatic carbocycles. The van der Waals surface area contributed by atoms with Crippen LogP contribution in [-0.4, -0.2) is 32.2 Å². The van der Waals surface area contributed by atoms with E-state index in [0.29, 0.717) is 6.61 Å². The molecule has 3 heteroatoms. The Labute approximate surface area is 85.8 Å². The van der Waals surface area contributed by atoms with Gasteiger partial charge in [-0.25, -0.2) is 0 Å². The first-order chi connectivity index (χ1) is 6.58. The van der Waals surface area contributed by atoms with Crippen LogP contribution in [0.4, 0.5) is 0 Å². The number of carbonyl (C=O) groups is 1. The van der Waals surface area contributed by atoms with Crippen LogP contribution in [-0.2, 0) is 14.3 Å².